The van der Waals surface area contributed by atoms with Gasteiger partial charge in [0.05, 0.1) is 5.97 Å². The molecule has 0 saturated carbocycles. The van der Waals surface area contributed by atoms with Gasteiger partial charge in [0, 0.05) is 5.02 Å². The van der Waals surface area contributed by atoms with Crippen LogP contribution in [0.5, 0.6) is 5.75 Å². The maximum absolute atomic E-state index is 9.99. The number of carbonyl (C=O) groups excluding carboxylic acids is 1. The molecule has 0 amide bonds. The Morgan fingerprint density at radius 2 is 2.23 bits per heavy atom. The molecule has 0 aliphatic carbocycles. The van der Waals surface area contributed by atoms with E-state index in [-0.39, 0.29) is 29.6 Å². The topological polar surface area (TPSA) is 49.4 Å². The van der Waals surface area contributed by atoms with E-state index in [2.05, 4.69) is 0 Å². The molecule has 0 aromatic heterocycles. The van der Waals surface area contributed by atoms with Gasteiger partial charge in [-0.3, -0.25) is 0 Å². The summed E-state index contributed by atoms with van der Waals surface area (Å²) in [7, 11) is 0. The van der Waals surface area contributed by atoms with Crippen LogP contribution >= 0.6 is 11.6 Å². The zero-order chi connectivity index (χ0) is 8.97. The summed E-state index contributed by atoms with van der Waals surface area (Å²) in [6.45, 7) is -0.458. The van der Waals surface area contributed by atoms with Crippen molar-refractivity contribution < 1.29 is 44.2 Å². The molecule has 0 atom stereocenters. The van der Waals surface area contributed by atoms with E-state index in [0.29, 0.717) is 10.8 Å². The quantitative estimate of drug-likeness (QED) is 0.515. The molecule has 0 aliphatic heterocycles. The van der Waals surface area contributed by atoms with Gasteiger partial charge in [0.15, 0.2) is 0 Å². The summed E-state index contributed by atoms with van der Waals surface area (Å²) in [4.78, 5) is 9.99. The van der Waals surface area contributed by atoms with Gasteiger partial charge in [0.2, 0.25) is 0 Å². The minimum Gasteiger partial charge on any atom is -0.546 e. The molecule has 0 saturated heterocycles. The minimum atomic E-state index is -1.25. The number of carboxylic acid groups (broad SMARTS) is 1. The summed E-state index contributed by atoms with van der Waals surface area (Å²) in [5, 5.41) is 10.5. The molecule has 0 bridgehead atoms. The maximum Gasteiger partial charge on any atom is 1.00 e. The first-order valence-corrected chi connectivity index (χ1v) is 3.64. The molecule has 0 unspecified atom stereocenters. The molecule has 13 heavy (non-hydrogen) atoms. The Labute approximate surface area is 103 Å². The van der Waals surface area contributed by atoms with Crippen molar-refractivity contribution in [2.45, 2.75) is 0 Å². The van der Waals surface area contributed by atoms with Crippen LogP contribution in [0, 0.1) is 0 Å². The molecule has 0 N–H and O–H groups in total. The van der Waals surface area contributed by atoms with Crippen molar-refractivity contribution in [1.29, 1.82) is 0 Å². The minimum absolute atomic E-state index is 0. The van der Waals surface area contributed by atoms with Crippen LogP contribution < -0.4 is 39.4 Å². The van der Waals surface area contributed by atoms with Crippen molar-refractivity contribution in [3.63, 3.8) is 0 Å². The van der Waals surface area contributed by atoms with Crippen LogP contribution in [0.1, 0.15) is 0 Å². The van der Waals surface area contributed by atoms with Crippen molar-refractivity contribution >= 4 is 17.6 Å². The number of rotatable bonds is 3. The fourth-order valence-electron chi connectivity index (χ4n) is 0.699. The van der Waals surface area contributed by atoms with Crippen LogP contribution in [-0.4, -0.2) is 12.6 Å². The van der Waals surface area contributed by atoms with Gasteiger partial charge in [0.1, 0.15) is 12.4 Å². The first-order chi connectivity index (χ1) is 5.68. The number of hydrogen-bond donors (Lipinski definition) is 0. The van der Waals surface area contributed by atoms with Gasteiger partial charge < -0.3 is 14.6 Å². The Balaban J connectivity index is 0.00000144. The third-order valence-electron chi connectivity index (χ3n) is 1.15. The second kappa shape index (κ2) is 6.27. The second-order valence-electron chi connectivity index (χ2n) is 2.12. The largest absolute Gasteiger partial charge is 1.00 e. The van der Waals surface area contributed by atoms with Crippen LogP contribution in [0.25, 0.3) is 0 Å². The zero-order valence-electron chi connectivity index (χ0n) is 7.12. The molecule has 1 rings (SSSR count). The van der Waals surface area contributed by atoms with Crippen molar-refractivity contribution in [2.24, 2.45) is 0 Å². The molecule has 3 nitrogen and oxygen atoms in total. The SMILES string of the molecule is O=C([O-])COc1cccc(Cl)c1.[Na+]. The number of benzene rings is 1. The van der Waals surface area contributed by atoms with Gasteiger partial charge in [-0.05, 0) is 18.2 Å². The van der Waals surface area contributed by atoms with Gasteiger partial charge in [-0.2, -0.15) is 0 Å². The molecule has 0 spiro atoms. The van der Waals surface area contributed by atoms with E-state index in [1.54, 1.807) is 18.2 Å². The summed E-state index contributed by atoms with van der Waals surface area (Å²) in [6, 6.07) is 6.50. The van der Waals surface area contributed by atoms with E-state index in [9.17, 15) is 9.90 Å². The summed E-state index contributed by atoms with van der Waals surface area (Å²) in [6.07, 6.45) is 0. The smallest absolute Gasteiger partial charge is 0.546 e. The van der Waals surface area contributed by atoms with Gasteiger partial charge in [-0.25, -0.2) is 0 Å². The maximum atomic E-state index is 9.99. The average molecular weight is 209 g/mol. The van der Waals surface area contributed by atoms with Crippen LogP contribution in [0.2, 0.25) is 5.02 Å². The third kappa shape index (κ3) is 5.16. The predicted molar refractivity (Wildman–Crippen MR) is 42.0 cm³/mol. The summed E-state index contributed by atoms with van der Waals surface area (Å²) in [5.41, 5.74) is 0. The molecule has 5 heteroatoms. The number of carboxylic acids is 1. The van der Waals surface area contributed by atoms with E-state index in [1.165, 1.54) is 6.07 Å². The summed E-state index contributed by atoms with van der Waals surface area (Å²) in [5.74, 6) is -0.832. The molecule has 0 radical (unpaired) electrons. The van der Waals surface area contributed by atoms with Gasteiger partial charge in [0.25, 0.3) is 0 Å². The van der Waals surface area contributed by atoms with E-state index >= 15 is 0 Å². The summed E-state index contributed by atoms with van der Waals surface area (Å²) >= 11 is 5.62. The Bertz CT molecular complexity index is 290. The van der Waals surface area contributed by atoms with Gasteiger partial charge >= 0.3 is 29.6 Å². The van der Waals surface area contributed by atoms with E-state index < -0.39 is 12.6 Å². The van der Waals surface area contributed by atoms with Crippen molar-refractivity contribution in [3.05, 3.63) is 29.3 Å². The van der Waals surface area contributed by atoms with Gasteiger partial charge in [-0.15, -0.1) is 0 Å². The molecule has 0 aliphatic rings. The standard InChI is InChI=1S/C8H7ClO3.Na/c9-6-2-1-3-7(4-6)12-5-8(10)11;/h1-4H,5H2,(H,10,11);/q;+1/p-1. The van der Waals surface area contributed by atoms with E-state index in [4.69, 9.17) is 16.3 Å². The number of hydrogen-bond acceptors (Lipinski definition) is 3. The van der Waals surface area contributed by atoms with Crippen molar-refractivity contribution in [3.8, 4) is 5.75 Å². The van der Waals surface area contributed by atoms with Crippen LogP contribution in [0.15, 0.2) is 24.3 Å². The van der Waals surface area contributed by atoms with E-state index in [0.717, 1.165) is 0 Å². The Kier molecular flexibility index (Phi) is 6.16. The molecule has 0 fully saturated rings. The second-order valence-corrected chi connectivity index (χ2v) is 2.55. The van der Waals surface area contributed by atoms with E-state index in [1.807, 2.05) is 0 Å². The Morgan fingerprint density at radius 3 is 2.77 bits per heavy atom. The average Bonchev–Trinajstić information content (AvgIpc) is 2.01. The molecule has 0 heterocycles. The molecule has 64 valence electrons. The molecule has 1 aromatic rings. The Hall–Kier alpha value is -0.220. The first kappa shape index (κ1) is 12.8. The van der Waals surface area contributed by atoms with Gasteiger partial charge in [-0.1, -0.05) is 17.7 Å². The van der Waals surface area contributed by atoms with Crippen LogP contribution in [0.3, 0.4) is 0 Å². The number of ether oxygens (including phenoxy) is 1. The number of aliphatic carboxylic acids is 1. The normalized spacial score (nSPS) is 8.69. The van der Waals surface area contributed by atoms with Crippen LogP contribution in [-0.2, 0) is 4.79 Å². The van der Waals surface area contributed by atoms with Crippen molar-refractivity contribution in [1.82, 2.24) is 0 Å². The number of carbonyl (C=O) groups is 1. The van der Waals surface area contributed by atoms with Crippen molar-refractivity contribution in [2.75, 3.05) is 6.61 Å². The third-order valence-corrected chi connectivity index (χ3v) is 1.39. The predicted octanol–water partition coefficient (Wildman–Crippen LogP) is -2.53. The first-order valence-electron chi connectivity index (χ1n) is 3.26. The monoisotopic (exact) mass is 208 g/mol. The number of halogens is 1. The Morgan fingerprint density at radius 1 is 1.54 bits per heavy atom. The molecule has 1 aromatic carbocycles. The molecular weight excluding hydrogens is 203 g/mol. The fourth-order valence-corrected chi connectivity index (χ4v) is 0.879. The van der Waals surface area contributed by atoms with Crippen LogP contribution in [0.4, 0.5) is 0 Å². The summed E-state index contributed by atoms with van der Waals surface area (Å²) < 4.78 is 4.80. The zero-order valence-corrected chi connectivity index (χ0v) is 9.88. The molecular formula is C8H6ClNaO3. The fraction of sp³-hybridized carbons (Fsp3) is 0.125.